The molecule has 1 aromatic rings. The Balaban J connectivity index is 2.42. The summed E-state index contributed by atoms with van der Waals surface area (Å²) in [5.74, 6) is 0. The molecular weight excluding hydrogens is 266 g/mol. The van der Waals surface area contributed by atoms with Crippen molar-refractivity contribution in [3.63, 3.8) is 0 Å². The van der Waals surface area contributed by atoms with Crippen molar-refractivity contribution >= 4 is 38.9 Å². The van der Waals surface area contributed by atoms with Crippen LogP contribution in [0.25, 0.3) is 5.57 Å². The monoisotopic (exact) mass is 275 g/mol. The molecule has 0 aromatic heterocycles. The van der Waals surface area contributed by atoms with E-state index in [-0.39, 0.29) is 4.90 Å². The van der Waals surface area contributed by atoms with Gasteiger partial charge in [0.1, 0.15) is 0 Å². The van der Waals surface area contributed by atoms with E-state index in [9.17, 15) is 8.42 Å². The molecule has 3 nitrogen and oxygen atoms in total. The molecule has 0 radical (unpaired) electrons. The molecule has 0 spiro atoms. The molecular formula is C13H9NO2S2. The van der Waals surface area contributed by atoms with Crippen molar-refractivity contribution in [3.05, 3.63) is 47.6 Å². The summed E-state index contributed by atoms with van der Waals surface area (Å²) in [5.41, 5.74) is 2.23. The van der Waals surface area contributed by atoms with E-state index in [0.29, 0.717) is 12.0 Å². The second-order valence-electron chi connectivity index (χ2n) is 4.07. The maximum Gasteiger partial charge on any atom is 0.282 e. The molecule has 1 heterocycles. The van der Waals surface area contributed by atoms with Gasteiger partial charge in [-0.25, -0.2) is 0 Å². The Hall–Kier alpha value is -1.59. The van der Waals surface area contributed by atoms with Crippen LogP contribution < -0.4 is 0 Å². The van der Waals surface area contributed by atoms with Crippen LogP contribution in [0.2, 0.25) is 0 Å². The number of rotatable bonds is 0. The third-order valence-electron chi connectivity index (χ3n) is 2.93. The molecule has 0 amide bonds. The van der Waals surface area contributed by atoms with Gasteiger partial charge in [-0.05, 0) is 6.07 Å². The Labute approximate surface area is 111 Å². The molecule has 18 heavy (non-hydrogen) atoms. The highest BCUT2D eigenvalue weighted by molar-refractivity contribution is 7.90. The number of hydrogen-bond donors (Lipinski definition) is 0. The highest BCUT2D eigenvalue weighted by atomic mass is 32.2. The third kappa shape index (κ3) is 1.67. The van der Waals surface area contributed by atoms with Gasteiger partial charge in [0, 0.05) is 34.2 Å². The van der Waals surface area contributed by atoms with Crippen molar-refractivity contribution in [2.45, 2.75) is 11.3 Å². The SMILES string of the molecule is O=S1(=O)N=CC2=C(C(=S)CC=C2)c2ccccc21. The third-order valence-corrected chi connectivity index (χ3v) is 4.60. The van der Waals surface area contributed by atoms with Gasteiger partial charge in [0.2, 0.25) is 0 Å². The first-order valence-corrected chi connectivity index (χ1v) is 7.28. The van der Waals surface area contributed by atoms with Gasteiger partial charge < -0.3 is 0 Å². The number of sulfonamides is 1. The van der Waals surface area contributed by atoms with Gasteiger partial charge in [0.25, 0.3) is 10.0 Å². The summed E-state index contributed by atoms with van der Waals surface area (Å²) in [6.45, 7) is 0. The standard InChI is InChI=1S/C13H9NO2S2/c15-18(16)12-7-2-1-5-10(12)13-9(8-14-18)4-3-6-11(13)17/h1-5,7-8H,6H2. The first kappa shape index (κ1) is 11.5. The van der Waals surface area contributed by atoms with Crippen LogP contribution in [0.3, 0.4) is 0 Å². The number of nitrogens with zero attached hydrogens (tertiary/aromatic N) is 1. The molecule has 2 aliphatic rings. The van der Waals surface area contributed by atoms with Gasteiger partial charge in [-0.15, -0.1) is 0 Å². The summed E-state index contributed by atoms with van der Waals surface area (Å²) in [5, 5.41) is 0. The lowest BCUT2D eigenvalue weighted by atomic mass is 9.92. The molecule has 0 atom stereocenters. The van der Waals surface area contributed by atoms with Crippen molar-refractivity contribution in [2.24, 2.45) is 4.40 Å². The van der Waals surface area contributed by atoms with Crippen LogP contribution in [0, 0.1) is 0 Å². The molecule has 0 bridgehead atoms. The summed E-state index contributed by atoms with van der Waals surface area (Å²) in [6.07, 6.45) is 5.84. The van der Waals surface area contributed by atoms with E-state index >= 15 is 0 Å². The van der Waals surface area contributed by atoms with Crippen molar-refractivity contribution in [1.29, 1.82) is 0 Å². The smallest absolute Gasteiger partial charge is 0.199 e. The summed E-state index contributed by atoms with van der Waals surface area (Å²) < 4.78 is 27.8. The fraction of sp³-hybridized carbons (Fsp3) is 0.0769. The second-order valence-corrected chi connectivity index (χ2v) is 6.16. The van der Waals surface area contributed by atoms with Gasteiger partial charge >= 0.3 is 0 Å². The van der Waals surface area contributed by atoms with E-state index in [1.165, 1.54) is 6.21 Å². The van der Waals surface area contributed by atoms with E-state index < -0.39 is 10.0 Å². The minimum atomic E-state index is -3.63. The maximum absolute atomic E-state index is 12.1. The number of thiocarbonyl (C=S) groups is 1. The normalized spacial score (nSPS) is 20.3. The zero-order valence-electron chi connectivity index (χ0n) is 9.33. The molecule has 1 aromatic carbocycles. The van der Waals surface area contributed by atoms with E-state index in [1.807, 2.05) is 18.2 Å². The van der Waals surface area contributed by atoms with Crippen LogP contribution in [-0.4, -0.2) is 19.5 Å². The van der Waals surface area contributed by atoms with Gasteiger partial charge in [-0.1, -0.05) is 42.6 Å². The minimum Gasteiger partial charge on any atom is -0.199 e. The molecule has 90 valence electrons. The summed E-state index contributed by atoms with van der Waals surface area (Å²) in [6, 6.07) is 6.85. The van der Waals surface area contributed by atoms with Crippen LogP contribution in [0.15, 0.2) is 51.3 Å². The first-order valence-electron chi connectivity index (χ1n) is 5.43. The van der Waals surface area contributed by atoms with Gasteiger partial charge in [0.15, 0.2) is 0 Å². The lowest BCUT2D eigenvalue weighted by Gasteiger charge is -2.15. The van der Waals surface area contributed by atoms with Crippen molar-refractivity contribution in [3.8, 4) is 0 Å². The highest BCUT2D eigenvalue weighted by Crippen LogP contribution is 2.33. The topological polar surface area (TPSA) is 46.5 Å². The van der Waals surface area contributed by atoms with Crippen molar-refractivity contribution in [1.82, 2.24) is 0 Å². The fourth-order valence-corrected chi connectivity index (χ4v) is 3.52. The van der Waals surface area contributed by atoms with Crippen LogP contribution in [0.1, 0.15) is 12.0 Å². The van der Waals surface area contributed by atoms with Gasteiger partial charge in [0.05, 0.1) is 4.90 Å². The predicted octanol–water partition coefficient (Wildman–Crippen LogP) is 2.54. The lowest BCUT2D eigenvalue weighted by molar-refractivity contribution is 0.598. The second kappa shape index (κ2) is 3.96. The molecule has 0 fully saturated rings. The molecule has 0 N–H and O–H groups in total. The van der Waals surface area contributed by atoms with Crippen LogP contribution >= 0.6 is 12.2 Å². The number of allylic oxidation sites excluding steroid dienone is 4. The van der Waals surface area contributed by atoms with E-state index in [0.717, 1.165) is 16.0 Å². The Kier molecular flexibility index (Phi) is 2.53. The average Bonchev–Trinajstić information content (AvgIpc) is 2.47. The van der Waals surface area contributed by atoms with E-state index in [4.69, 9.17) is 12.2 Å². The summed E-state index contributed by atoms with van der Waals surface area (Å²) >= 11 is 5.35. The van der Waals surface area contributed by atoms with Crippen molar-refractivity contribution < 1.29 is 8.42 Å². The zero-order valence-corrected chi connectivity index (χ0v) is 11.0. The predicted molar refractivity (Wildman–Crippen MR) is 75.4 cm³/mol. The first-order chi connectivity index (χ1) is 8.59. The van der Waals surface area contributed by atoms with Gasteiger partial charge in [-0.2, -0.15) is 12.8 Å². The van der Waals surface area contributed by atoms with E-state index in [2.05, 4.69) is 4.40 Å². The van der Waals surface area contributed by atoms with Crippen LogP contribution in [-0.2, 0) is 10.0 Å². The fourth-order valence-electron chi connectivity index (χ4n) is 2.13. The maximum atomic E-state index is 12.1. The summed E-state index contributed by atoms with van der Waals surface area (Å²) in [7, 11) is -3.63. The molecule has 0 unspecified atom stereocenters. The molecule has 0 saturated carbocycles. The van der Waals surface area contributed by atoms with E-state index in [1.54, 1.807) is 18.2 Å². The summed E-state index contributed by atoms with van der Waals surface area (Å²) in [4.78, 5) is 0.979. The van der Waals surface area contributed by atoms with Crippen LogP contribution in [0.5, 0.6) is 0 Å². The highest BCUT2D eigenvalue weighted by Gasteiger charge is 2.26. The van der Waals surface area contributed by atoms with Gasteiger partial charge in [-0.3, -0.25) is 0 Å². The molecule has 0 saturated heterocycles. The Morgan fingerprint density at radius 3 is 2.83 bits per heavy atom. The number of fused-ring (bicyclic) bond motifs is 2. The van der Waals surface area contributed by atoms with Crippen molar-refractivity contribution in [2.75, 3.05) is 0 Å². The zero-order chi connectivity index (χ0) is 12.8. The molecule has 5 heteroatoms. The Morgan fingerprint density at radius 2 is 2.00 bits per heavy atom. The Morgan fingerprint density at radius 1 is 1.22 bits per heavy atom. The largest absolute Gasteiger partial charge is 0.282 e. The van der Waals surface area contributed by atoms with Crippen LogP contribution in [0.4, 0.5) is 0 Å². The average molecular weight is 275 g/mol. The molecule has 1 aliphatic carbocycles. The number of benzene rings is 1. The number of hydrogen-bond acceptors (Lipinski definition) is 3. The lowest BCUT2D eigenvalue weighted by Crippen LogP contribution is -2.07. The molecule has 1 aliphatic heterocycles. The molecule has 3 rings (SSSR count). The quantitative estimate of drug-likeness (QED) is 0.684. The Bertz CT molecular complexity index is 740. The minimum absolute atomic E-state index is 0.226.